The normalized spacial score (nSPS) is 35.1. The molecule has 0 aromatic carbocycles. The third-order valence-electron chi connectivity index (χ3n) is 2.67. The molecule has 0 aromatic heterocycles. The van der Waals surface area contributed by atoms with Crippen molar-refractivity contribution in [3.8, 4) is 0 Å². The van der Waals surface area contributed by atoms with E-state index in [1.54, 1.807) is 0 Å². The summed E-state index contributed by atoms with van der Waals surface area (Å²) in [5.74, 6) is 0. The van der Waals surface area contributed by atoms with E-state index in [2.05, 4.69) is 36.5 Å². The summed E-state index contributed by atoms with van der Waals surface area (Å²) in [4.78, 5) is 0. The van der Waals surface area contributed by atoms with Crippen molar-refractivity contribution in [2.75, 3.05) is 0 Å². The van der Waals surface area contributed by atoms with Crippen molar-refractivity contribution < 1.29 is 0 Å². The first kappa shape index (κ1) is 8.55. The van der Waals surface area contributed by atoms with Gasteiger partial charge in [-0.2, -0.15) is 0 Å². The molecule has 68 valence electrons. The zero-order valence-electron chi connectivity index (χ0n) is 8.00. The molecule has 0 atom stereocenters. The lowest BCUT2D eigenvalue weighted by atomic mass is 10.1. The minimum atomic E-state index is 1.24. The van der Waals surface area contributed by atoms with Gasteiger partial charge in [-0.25, -0.2) is 0 Å². The first-order chi connectivity index (χ1) is 6.45. The lowest BCUT2D eigenvalue weighted by Crippen LogP contribution is -1.79. The first-order valence-electron chi connectivity index (χ1n) is 5.20. The highest BCUT2D eigenvalue weighted by molar-refractivity contribution is 5.35. The van der Waals surface area contributed by atoms with E-state index in [1.807, 2.05) is 0 Å². The quantitative estimate of drug-likeness (QED) is 0.519. The third kappa shape index (κ3) is 2.45. The molecular formula is C13H16. The van der Waals surface area contributed by atoms with Crippen LogP contribution >= 0.6 is 0 Å². The molecule has 0 heterocycles. The molecule has 0 aromatic rings. The van der Waals surface area contributed by atoms with Crippen molar-refractivity contribution in [3.63, 3.8) is 0 Å². The van der Waals surface area contributed by atoms with Crippen molar-refractivity contribution in [3.05, 3.63) is 47.6 Å². The summed E-state index contributed by atoms with van der Waals surface area (Å²) in [5.41, 5.74) is 2.95. The summed E-state index contributed by atoms with van der Waals surface area (Å²) in [6.45, 7) is 0. The molecule has 2 bridgehead atoms. The maximum absolute atomic E-state index is 2.28. The number of hydrogen-bond acceptors (Lipinski definition) is 0. The van der Waals surface area contributed by atoms with Crippen LogP contribution in [0.15, 0.2) is 47.6 Å². The second-order valence-corrected chi connectivity index (χ2v) is 3.76. The Kier molecular flexibility index (Phi) is 2.81. The van der Waals surface area contributed by atoms with E-state index in [-0.39, 0.29) is 0 Å². The van der Waals surface area contributed by atoms with Gasteiger partial charge >= 0.3 is 0 Å². The molecule has 0 spiro atoms. The molecule has 0 amide bonds. The van der Waals surface area contributed by atoms with Crippen LogP contribution in [0.25, 0.3) is 0 Å². The lowest BCUT2D eigenvalue weighted by Gasteiger charge is -1.99. The summed E-state index contributed by atoms with van der Waals surface area (Å²) >= 11 is 0. The average Bonchev–Trinajstić information content (AvgIpc) is 2.17. The molecule has 0 heteroatoms. The molecule has 0 N–H and O–H groups in total. The Balaban J connectivity index is 2.25. The van der Waals surface area contributed by atoms with Crippen LogP contribution < -0.4 is 0 Å². The largest absolute Gasteiger partial charge is 0.0620 e. The zero-order valence-corrected chi connectivity index (χ0v) is 8.00. The molecule has 2 rings (SSSR count). The Morgan fingerprint density at radius 1 is 0.692 bits per heavy atom. The van der Waals surface area contributed by atoms with E-state index in [4.69, 9.17) is 0 Å². The van der Waals surface area contributed by atoms with Gasteiger partial charge in [-0.05, 0) is 36.8 Å². The van der Waals surface area contributed by atoms with Crippen LogP contribution in [0.1, 0.15) is 32.1 Å². The summed E-state index contributed by atoms with van der Waals surface area (Å²) in [6, 6.07) is 0. The summed E-state index contributed by atoms with van der Waals surface area (Å²) in [6.07, 6.45) is 19.9. The van der Waals surface area contributed by atoms with Crippen LogP contribution in [0.3, 0.4) is 0 Å². The Morgan fingerprint density at radius 3 is 1.77 bits per heavy atom. The molecule has 0 unspecified atom stereocenters. The highest BCUT2D eigenvalue weighted by Gasteiger charge is 2.00. The summed E-state index contributed by atoms with van der Waals surface area (Å²) in [7, 11) is 0. The Labute approximate surface area is 80.3 Å². The monoisotopic (exact) mass is 172 g/mol. The Bertz CT molecular complexity index is 257. The molecule has 0 radical (unpaired) electrons. The van der Waals surface area contributed by atoms with Gasteiger partial charge in [0.15, 0.2) is 0 Å². The molecule has 0 fully saturated rings. The number of hydrogen-bond donors (Lipinski definition) is 0. The van der Waals surface area contributed by atoms with Gasteiger partial charge < -0.3 is 0 Å². The van der Waals surface area contributed by atoms with Crippen molar-refractivity contribution in [2.24, 2.45) is 0 Å². The molecule has 0 saturated carbocycles. The fraction of sp³-hybridized carbons (Fsp3) is 0.385. The second kappa shape index (κ2) is 4.27. The molecule has 2 aliphatic carbocycles. The number of allylic oxidation sites excluding steroid dienone is 8. The topological polar surface area (TPSA) is 0 Å². The van der Waals surface area contributed by atoms with Crippen LogP contribution in [0, 0.1) is 0 Å². The van der Waals surface area contributed by atoms with Gasteiger partial charge in [-0.15, -0.1) is 0 Å². The minimum Gasteiger partial charge on any atom is -0.0620 e. The fourth-order valence-corrected chi connectivity index (χ4v) is 1.85. The number of rotatable bonds is 0. The van der Waals surface area contributed by atoms with Crippen LogP contribution in [0.4, 0.5) is 0 Å². The molecule has 0 saturated heterocycles. The van der Waals surface area contributed by atoms with Crippen molar-refractivity contribution in [1.82, 2.24) is 0 Å². The van der Waals surface area contributed by atoms with Gasteiger partial charge in [0.1, 0.15) is 0 Å². The smallest absolute Gasteiger partial charge is 0.0279 e. The van der Waals surface area contributed by atoms with Gasteiger partial charge in [0.2, 0.25) is 0 Å². The van der Waals surface area contributed by atoms with E-state index in [9.17, 15) is 0 Å². The van der Waals surface area contributed by atoms with Crippen molar-refractivity contribution in [2.45, 2.75) is 32.1 Å². The zero-order chi connectivity index (χ0) is 8.93. The molecule has 13 heavy (non-hydrogen) atoms. The van der Waals surface area contributed by atoms with Gasteiger partial charge in [-0.1, -0.05) is 42.9 Å². The highest BCUT2D eigenvalue weighted by Crippen LogP contribution is 2.20. The second-order valence-electron chi connectivity index (χ2n) is 3.76. The van der Waals surface area contributed by atoms with Crippen LogP contribution in [0.5, 0.6) is 0 Å². The van der Waals surface area contributed by atoms with Gasteiger partial charge in [0, 0.05) is 0 Å². The number of fused-ring (bicyclic) bond motifs is 1. The van der Waals surface area contributed by atoms with Gasteiger partial charge in [0.25, 0.3) is 0 Å². The Hall–Kier alpha value is -1.04. The Morgan fingerprint density at radius 2 is 1.23 bits per heavy atom. The average molecular weight is 172 g/mol. The highest BCUT2D eigenvalue weighted by atomic mass is 14.1. The predicted molar refractivity (Wildman–Crippen MR) is 57.5 cm³/mol. The first-order valence-corrected chi connectivity index (χ1v) is 5.20. The van der Waals surface area contributed by atoms with Gasteiger partial charge in [-0.3, -0.25) is 0 Å². The lowest BCUT2D eigenvalue weighted by molar-refractivity contribution is 0.685. The SMILES string of the molecule is C1=C\C2=C\C=C(/C=C/1)CCCCC2. The van der Waals surface area contributed by atoms with Crippen LogP contribution in [-0.4, -0.2) is 0 Å². The van der Waals surface area contributed by atoms with E-state index in [0.29, 0.717) is 0 Å². The van der Waals surface area contributed by atoms with E-state index < -0.39 is 0 Å². The molecular weight excluding hydrogens is 156 g/mol. The van der Waals surface area contributed by atoms with E-state index >= 15 is 0 Å². The third-order valence-corrected chi connectivity index (χ3v) is 2.67. The van der Waals surface area contributed by atoms with E-state index in [1.165, 1.54) is 43.3 Å². The van der Waals surface area contributed by atoms with Crippen molar-refractivity contribution in [1.29, 1.82) is 0 Å². The molecule has 0 aliphatic heterocycles. The predicted octanol–water partition coefficient (Wildman–Crippen LogP) is 3.93. The van der Waals surface area contributed by atoms with Crippen LogP contribution in [0.2, 0.25) is 0 Å². The fourth-order valence-electron chi connectivity index (χ4n) is 1.85. The standard InChI is InChI=1S/C13H16/c1-2-6-12-8-4-5-9-13(7-3-1)11-10-12/h4-5,8-11H,1-3,6-7H2/b5-4?,8-4-,9-5+,11-10?,12-8?,12-10+,13-9?,13-11-. The van der Waals surface area contributed by atoms with E-state index in [0.717, 1.165) is 0 Å². The molecule has 2 aliphatic rings. The van der Waals surface area contributed by atoms with Crippen molar-refractivity contribution >= 4 is 0 Å². The maximum atomic E-state index is 2.28. The summed E-state index contributed by atoms with van der Waals surface area (Å²) < 4.78 is 0. The van der Waals surface area contributed by atoms with Crippen LogP contribution in [-0.2, 0) is 0 Å². The maximum Gasteiger partial charge on any atom is -0.0279 e. The summed E-state index contributed by atoms with van der Waals surface area (Å²) in [5, 5.41) is 0. The minimum absolute atomic E-state index is 1.24. The van der Waals surface area contributed by atoms with Gasteiger partial charge in [0.05, 0.1) is 0 Å². The molecule has 0 nitrogen and oxygen atoms in total.